The van der Waals surface area contributed by atoms with Crippen LogP contribution < -0.4 is 5.73 Å². The van der Waals surface area contributed by atoms with Gasteiger partial charge in [-0.15, -0.1) is 12.4 Å². The molecule has 0 bridgehead atoms. The summed E-state index contributed by atoms with van der Waals surface area (Å²) in [7, 11) is 0. The quantitative estimate of drug-likeness (QED) is 0.928. The predicted octanol–water partition coefficient (Wildman–Crippen LogP) is 3.07. The van der Waals surface area contributed by atoms with E-state index in [0.29, 0.717) is 18.1 Å². The fraction of sp³-hybridized carbons (Fsp3) is 0.538. The second kappa shape index (κ2) is 6.20. The molecule has 1 unspecified atom stereocenters. The van der Waals surface area contributed by atoms with Crippen LogP contribution in [0.3, 0.4) is 0 Å². The summed E-state index contributed by atoms with van der Waals surface area (Å²) in [4.78, 5) is 2.29. The standard InChI is InChI=1S/C13H18ClFN2.ClH/c1-13(8-16)4-5-17(9-13)7-10-6-11(15)2-3-12(10)14;/h2-3,6H,4-5,7-9,16H2,1H3;1H. The zero-order valence-corrected chi connectivity index (χ0v) is 12.0. The van der Waals surface area contributed by atoms with Crippen molar-refractivity contribution in [3.8, 4) is 0 Å². The largest absolute Gasteiger partial charge is 0.330 e. The van der Waals surface area contributed by atoms with Gasteiger partial charge in [-0.1, -0.05) is 18.5 Å². The molecule has 0 amide bonds. The number of hydrogen-bond acceptors (Lipinski definition) is 2. The van der Waals surface area contributed by atoms with E-state index in [9.17, 15) is 4.39 Å². The first-order chi connectivity index (χ1) is 8.02. The van der Waals surface area contributed by atoms with Crippen LogP contribution in [-0.4, -0.2) is 24.5 Å². The molecule has 1 heterocycles. The Balaban J connectivity index is 0.00000162. The highest BCUT2D eigenvalue weighted by Gasteiger charge is 2.32. The lowest BCUT2D eigenvalue weighted by molar-refractivity contribution is 0.274. The number of rotatable bonds is 3. The van der Waals surface area contributed by atoms with Gasteiger partial charge in [0.15, 0.2) is 0 Å². The predicted molar refractivity (Wildman–Crippen MR) is 75.7 cm³/mol. The molecule has 2 nitrogen and oxygen atoms in total. The molecule has 0 spiro atoms. The molecule has 18 heavy (non-hydrogen) atoms. The van der Waals surface area contributed by atoms with E-state index < -0.39 is 0 Å². The van der Waals surface area contributed by atoms with Crippen molar-refractivity contribution in [3.05, 3.63) is 34.6 Å². The molecule has 1 aromatic rings. The Labute approximate surface area is 119 Å². The smallest absolute Gasteiger partial charge is 0.123 e. The van der Waals surface area contributed by atoms with Gasteiger partial charge in [-0.05, 0) is 48.7 Å². The lowest BCUT2D eigenvalue weighted by Gasteiger charge is -2.22. The van der Waals surface area contributed by atoms with E-state index in [1.165, 1.54) is 12.1 Å². The molecule has 5 heteroatoms. The summed E-state index contributed by atoms with van der Waals surface area (Å²) in [6, 6.07) is 4.52. The van der Waals surface area contributed by atoms with Crippen molar-refractivity contribution < 1.29 is 4.39 Å². The van der Waals surface area contributed by atoms with Crippen LogP contribution in [0.5, 0.6) is 0 Å². The molecule has 1 aliphatic rings. The van der Waals surface area contributed by atoms with Gasteiger partial charge in [-0.25, -0.2) is 4.39 Å². The van der Waals surface area contributed by atoms with Gasteiger partial charge >= 0.3 is 0 Å². The number of halogens is 3. The van der Waals surface area contributed by atoms with Crippen molar-refractivity contribution in [1.82, 2.24) is 4.90 Å². The van der Waals surface area contributed by atoms with Crippen molar-refractivity contribution >= 4 is 24.0 Å². The Morgan fingerprint density at radius 1 is 1.50 bits per heavy atom. The normalized spacial score (nSPS) is 24.0. The Bertz CT molecular complexity index is 414. The van der Waals surface area contributed by atoms with E-state index in [0.717, 1.165) is 25.1 Å². The fourth-order valence-corrected chi connectivity index (χ4v) is 2.51. The minimum absolute atomic E-state index is 0. The number of benzene rings is 1. The molecule has 1 atom stereocenters. The van der Waals surface area contributed by atoms with Crippen molar-refractivity contribution in [2.75, 3.05) is 19.6 Å². The SMILES string of the molecule is CC1(CN)CCN(Cc2cc(F)ccc2Cl)C1.Cl. The van der Waals surface area contributed by atoms with Gasteiger partial charge in [0, 0.05) is 18.1 Å². The third kappa shape index (κ3) is 3.58. The van der Waals surface area contributed by atoms with Gasteiger partial charge in [0.1, 0.15) is 5.82 Å². The van der Waals surface area contributed by atoms with Gasteiger partial charge < -0.3 is 5.73 Å². The number of hydrogen-bond donors (Lipinski definition) is 1. The Hall–Kier alpha value is -0.350. The van der Waals surface area contributed by atoms with E-state index in [4.69, 9.17) is 17.3 Å². The molecule has 1 aromatic carbocycles. The van der Waals surface area contributed by atoms with E-state index in [-0.39, 0.29) is 23.6 Å². The zero-order valence-electron chi connectivity index (χ0n) is 10.5. The Morgan fingerprint density at radius 2 is 2.22 bits per heavy atom. The maximum Gasteiger partial charge on any atom is 0.123 e. The monoisotopic (exact) mass is 292 g/mol. The van der Waals surface area contributed by atoms with Gasteiger partial charge in [0.05, 0.1) is 0 Å². The second-order valence-corrected chi connectivity index (χ2v) is 5.62. The third-order valence-electron chi connectivity index (χ3n) is 3.53. The van der Waals surface area contributed by atoms with Crippen LogP contribution in [0.4, 0.5) is 4.39 Å². The third-order valence-corrected chi connectivity index (χ3v) is 3.90. The van der Waals surface area contributed by atoms with Crippen molar-refractivity contribution in [1.29, 1.82) is 0 Å². The van der Waals surface area contributed by atoms with Crippen LogP contribution in [0.1, 0.15) is 18.9 Å². The minimum Gasteiger partial charge on any atom is -0.330 e. The average molecular weight is 293 g/mol. The van der Waals surface area contributed by atoms with E-state index in [1.807, 2.05) is 0 Å². The summed E-state index contributed by atoms with van der Waals surface area (Å²) >= 11 is 6.06. The fourth-order valence-electron chi connectivity index (χ4n) is 2.33. The van der Waals surface area contributed by atoms with Crippen LogP contribution in [-0.2, 0) is 6.54 Å². The van der Waals surface area contributed by atoms with Crippen LogP contribution in [0.15, 0.2) is 18.2 Å². The molecule has 0 radical (unpaired) electrons. The topological polar surface area (TPSA) is 29.3 Å². The lowest BCUT2D eigenvalue weighted by atomic mass is 9.90. The molecule has 1 aliphatic heterocycles. The lowest BCUT2D eigenvalue weighted by Crippen LogP contribution is -2.31. The summed E-state index contributed by atoms with van der Waals surface area (Å²) in [6.45, 7) is 5.55. The molecule has 1 fully saturated rings. The summed E-state index contributed by atoms with van der Waals surface area (Å²) in [6.07, 6.45) is 1.09. The van der Waals surface area contributed by atoms with Crippen LogP contribution >= 0.6 is 24.0 Å². The molecular formula is C13H19Cl2FN2. The molecule has 2 rings (SSSR count). The minimum atomic E-state index is -0.231. The molecule has 0 aliphatic carbocycles. The Morgan fingerprint density at radius 3 is 2.83 bits per heavy atom. The highest BCUT2D eigenvalue weighted by Crippen LogP contribution is 2.30. The van der Waals surface area contributed by atoms with Crippen molar-refractivity contribution in [2.24, 2.45) is 11.1 Å². The van der Waals surface area contributed by atoms with Crippen LogP contribution in [0.2, 0.25) is 5.02 Å². The van der Waals surface area contributed by atoms with Gasteiger partial charge in [0.2, 0.25) is 0 Å². The zero-order chi connectivity index (χ0) is 12.5. The van der Waals surface area contributed by atoms with Crippen LogP contribution in [0.25, 0.3) is 0 Å². The summed E-state index contributed by atoms with van der Waals surface area (Å²) < 4.78 is 13.1. The van der Waals surface area contributed by atoms with Gasteiger partial charge in [0.25, 0.3) is 0 Å². The van der Waals surface area contributed by atoms with Crippen LogP contribution in [0, 0.1) is 11.2 Å². The first-order valence-corrected chi connectivity index (χ1v) is 6.27. The summed E-state index contributed by atoms with van der Waals surface area (Å²) in [5.41, 5.74) is 6.81. The van der Waals surface area contributed by atoms with Crippen molar-refractivity contribution in [3.63, 3.8) is 0 Å². The molecule has 0 saturated carbocycles. The second-order valence-electron chi connectivity index (χ2n) is 5.21. The first kappa shape index (κ1) is 15.7. The molecule has 102 valence electrons. The molecule has 1 saturated heterocycles. The number of likely N-dealkylation sites (tertiary alicyclic amines) is 1. The first-order valence-electron chi connectivity index (χ1n) is 5.89. The van der Waals surface area contributed by atoms with Crippen molar-refractivity contribution in [2.45, 2.75) is 19.9 Å². The maximum atomic E-state index is 13.1. The summed E-state index contributed by atoms with van der Waals surface area (Å²) in [5, 5.41) is 0.632. The summed E-state index contributed by atoms with van der Waals surface area (Å²) in [5.74, 6) is -0.231. The highest BCUT2D eigenvalue weighted by molar-refractivity contribution is 6.31. The molecule has 2 N–H and O–H groups in total. The van der Waals surface area contributed by atoms with Gasteiger partial charge in [-0.3, -0.25) is 4.90 Å². The van der Waals surface area contributed by atoms with Gasteiger partial charge in [-0.2, -0.15) is 0 Å². The number of nitrogens with zero attached hydrogens (tertiary/aromatic N) is 1. The maximum absolute atomic E-state index is 13.1. The van der Waals surface area contributed by atoms with E-state index in [1.54, 1.807) is 6.07 Å². The molecule has 0 aromatic heterocycles. The van der Waals surface area contributed by atoms with E-state index in [2.05, 4.69) is 11.8 Å². The van der Waals surface area contributed by atoms with E-state index >= 15 is 0 Å². The molecular weight excluding hydrogens is 274 g/mol. The number of nitrogens with two attached hydrogens (primary N) is 1. The average Bonchev–Trinajstić information content (AvgIpc) is 2.67. The Kier molecular flexibility index (Phi) is 5.41. The highest BCUT2D eigenvalue weighted by atomic mass is 35.5.